The molecule has 9 heavy (non-hydrogen) atoms. The minimum atomic E-state index is -2.54. The highest BCUT2D eigenvalue weighted by Crippen LogP contribution is 2.23. The van der Waals surface area contributed by atoms with E-state index in [0.29, 0.717) is 0 Å². The van der Waals surface area contributed by atoms with Crippen molar-refractivity contribution in [2.24, 2.45) is 0 Å². The van der Waals surface area contributed by atoms with E-state index in [0.717, 1.165) is 13.1 Å². The first-order valence-corrected chi connectivity index (χ1v) is 7.82. The van der Waals surface area contributed by atoms with Gasteiger partial charge in [0.2, 0.25) is 0 Å². The molecule has 0 heterocycles. The van der Waals surface area contributed by atoms with Gasteiger partial charge in [-0.3, -0.25) is 4.57 Å². The van der Waals surface area contributed by atoms with Crippen molar-refractivity contribution < 1.29 is 0 Å². The molecule has 1 nitrogen and oxygen atoms in total. The Morgan fingerprint density at radius 2 is 1.44 bits per heavy atom. The molecule has 0 bridgehead atoms. The topological polar surface area (TPSA) is 3.24 Å². The Morgan fingerprint density at radius 1 is 1.11 bits per heavy atom. The van der Waals surface area contributed by atoms with E-state index in [2.05, 4.69) is 0 Å². The molecule has 0 spiro atoms. The SMILES string of the molecule is CCN(CC)[Si](Cl)(Cl)Cl. The van der Waals surface area contributed by atoms with Gasteiger partial charge in [-0.05, 0) is 13.1 Å². The lowest BCUT2D eigenvalue weighted by Crippen LogP contribution is -2.39. The van der Waals surface area contributed by atoms with Crippen molar-refractivity contribution in [3.8, 4) is 0 Å². The predicted molar refractivity (Wildman–Crippen MR) is 46.2 cm³/mol. The van der Waals surface area contributed by atoms with E-state index in [1.54, 1.807) is 0 Å². The molecule has 0 saturated carbocycles. The van der Waals surface area contributed by atoms with Crippen molar-refractivity contribution in [3.63, 3.8) is 0 Å². The zero-order valence-electron chi connectivity index (χ0n) is 5.50. The summed E-state index contributed by atoms with van der Waals surface area (Å²) in [6.07, 6.45) is -2.54. The smallest absolute Gasteiger partial charge is 0.288 e. The first-order valence-electron chi connectivity index (χ1n) is 2.84. The summed E-state index contributed by atoms with van der Waals surface area (Å²) in [7, 11) is 0. The van der Waals surface area contributed by atoms with Crippen LogP contribution >= 0.6 is 33.2 Å². The molecule has 5 heteroatoms. The molecule has 0 radical (unpaired) electrons. The van der Waals surface area contributed by atoms with Gasteiger partial charge < -0.3 is 0 Å². The van der Waals surface area contributed by atoms with Crippen LogP contribution in [0.5, 0.6) is 0 Å². The minimum absolute atomic E-state index is 0.819. The highest BCUT2D eigenvalue weighted by Gasteiger charge is 2.31. The summed E-state index contributed by atoms with van der Waals surface area (Å²) in [5, 5.41) is 0. The van der Waals surface area contributed by atoms with E-state index in [-0.39, 0.29) is 0 Å². The lowest BCUT2D eigenvalue weighted by molar-refractivity contribution is 0.493. The van der Waals surface area contributed by atoms with Crippen molar-refractivity contribution in [1.82, 2.24) is 4.57 Å². The van der Waals surface area contributed by atoms with Crippen LogP contribution in [-0.4, -0.2) is 23.8 Å². The Hall–Kier alpha value is 1.05. The Bertz CT molecular complexity index is 78.4. The molecular weight excluding hydrogens is 196 g/mol. The van der Waals surface area contributed by atoms with E-state index < -0.39 is 6.16 Å². The van der Waals surface area contributed by atoms with Crippen molar-refractivity contribution in [1.29, 1.82) is 0 Å². The van der Waals surface area contributed by atoms with Crippen LogP contribution in [0.2, 0.25) is 0 Å². The molecule has 0 saturated heterocycles. The van der Waals surface area contributed by atoms with Gasteiger partial charge in [0.15, 0.2) is 0 Å². The summed E-state index contributed by atoms with van der Waals surface area (Å²) in [6, 6.07) is 0. The maximum atomic E-state index is 5.70. The van der Waals surface area contributed by atoms with Crippen LogP contribution in [0, 0.1) is 0 Å². The predicted octanol–water partition coefficient (Wildman–Crippen LogP) is 2.48. The summed E-state index contributed by atoms with van der Waals surface area (Å²) in [4.78, 5) is 0. The van der Waals surface area contributed by atoms with Crippen LogP contribution in [0.3, 0.4) is 0 Å². The standard InChI is InChI=1S/C4H10Cl3NSi/c1-3-8(4-2)9(5,6)7/h3-4H2,1-2H3. The zero-order chi connectivity index (χ0) is 7.49. The number of rotatable bonds is 3. The Kier molecular flexibility index (Phi) is 4.51. The van der Waals surface area contributed by atoms with Gasteiger partial charge in [-0.15, -0.1) is 33.2 Å². The molecular formula is C4H10Cl3NSi. The molecule has 0 amide bonds. The van der Waals surface area contributed by atoms with Gasteiger partial charge in [-0.1, -0.05) is 13.8 Å². The molecule has 0 fully saturated rings. The van der Waals surface area contributed by atoms with E-state index in [1.807, 2.05) is 18.4 Å². The van der Waals surface area contributed by atoms with E-state index >= 15 is 0 Å². The summed E-state index contributed by atoms with van der Waals surface area (Å²) >= 11 is 17.1. The van der Waals surface area contributed by atoms with Gasteiger partial charge in [0.1, 0.15) is 0 Å². The summed E-state index contributed by atoms with van der Waals surface area (Å²) < 4.78 is 1.87. The maximum absolute atomic E-state index is 5.70. The van der Waals surface area contributed by atoms with Crippen LogP contribution in [0.15, 0.2) is 0 Å². The Morgan fingerprint density at radius 3 is 1.44 bits per heavy atom. The number of halogens is 3. The molecule has 0 aromatic rings. The fourth-order valence-corrected chi connectivity index (χ4v) is 3.45. The van der Waals surface area contributed by atoms with Crippen molar-refractivity contribution >= 4 is 39.4 Å². The lowest BCUT2D eigenvalue weighted by Gasteiger charge is -2.23. The average Bonchev–Trinajstić information content (AvgIpc) is 1.65. The summed E-state index contributed by atoms with van der Waals surface area (Å²) in [5.74, 6) is 0. The van der Waals surface area contributed by atoms with Crippen LogP contribution in [0.25, 0.3) is 0 Å². The Balaban J connectivity index is 3.79. The second kappa shape index (κ2) is 4.04. The zero-order valence-corrected chi connectivity index (χ0v) is 8.76. The largest absolute Gasteiger partial charge is 0.424 e. The van der Waals surface area contributed by atoms with E-state index in [1.165, 1.54) is 0 Å². The van der Waals surface area contributed by atoms with Gasteiger partial charge in [0.25, 0.3) is 0 Å². The van der Waals surface area contributed by atoms with Crippen LogP contribution in [-0.2, 0) is 0 Å². The molecule has 0 aliphatic carbocycles. The first-order chi connectivity index (χ1) is 4.02. The molecule has 0 aliphatic rings. The molecule has 0 aromatic heterocycles. The molecule has 0 aromatic carbocycles. The summed E-state index contributed by atoms with van der Waals surface area (Å²) in [6.45, 7) is 5.61. The van der Waals surface area contributed by atoms with E-state index in [9.17, 15) is 0 Å². The van der Waals surface area contributed by atoms with E-state index in [4.69, 9.17) is 33.2 Å². The van der Waals surface area contributed by atoms with Crippen LogP contribution in [0.1, 0.15) is 13.8 Å². The third kappa shape index (κ3) is 3.68. The quantitative estimate of drug-likeness (QED) is 0.507. The van der Waals surface area contributed by atoms with Crippen molar-refractivity contribution in [3.05, 3.63) is 0 Å². The van der Waals surface area contributed by atoms with Gasteiger partial charge in [-0.25, -0.2) is 0 Å². The van der Waals surface area contributed by atoms with Gasteiger partial charge in [0, 0.05) is 0 Å². The lowest BCUT2D eigenvalue weighted by atomic mass is 10.7. The molecule has 0 unspecified atom stereocenters. The van der Waals surface area contributed by atoms with Crippen molar-refractivity contribution in [2.75, 3.05) is 13.1 Å². The number of hydrogen-bond donors (Lipinski definition) is 0. The van der Waals surface area contributed by atoms with Crippen LogP contribution < -0.4 is 0 Å². The molecule has 0 aliphatic heterocycles. The number of nitrogens with zero attached hydrogens (tertiary/aromatic N) is 1. The highest BCUT2D eigenvalue weighted by atomic mass is 35.8. The maximum Gasteiger partial charge on any atom is 0.424 e. The normalized spacial score (nSPS) is 12.7. The molecule has 56 valence electrons. The average molecular weight is 207 g/mol. The molecule has 0 rings (SSSR count). The number of hydrogen-bond acceptors (Lipinski definition) is 1. The third-order valence-electron chi connectivity index (χ3n) is 1.12. The third-order valence-corrected chi connectivity index (χ3v) is 4.62. The van der Waals surface area contributed by atoms with Crippen LogP contribution in [0.4, 0.5) is 0 Å². The first kappa shape index (κ1) is 10.0. The summed E-state index contributed by atoms with van der Waals surface area (Å²) in [5.41, 5.74) is 0. The fourth-order valence-electron chi connectivity index (χ4n) is 0.582. The van der Waals surface area contributed by atoms with Gasteiger partial charge >= 0.3 is 6.16 Å². The molecule has 0 atom stereocenters. The molecule has 0 N–H and O–H groups in total. The minimum Gasteiger partial charge on any atom is -0.288 e. The highest BCUT2D eigenvalue weighted by molar-refractivity contribution is 7.63. The monoisotopic (exact) mass is 205 g/mol. The second-order valence-corrected chi connectivity index (χ2v) is 9.87. The van der Waals surface area contributed by atoms with Gasteiger partial charge in [0.05, 0.1) is 0 Å². The fraction of sp³-hybridized carbons (Fsp3) is 1.00. The Labute approximate surface area is 71.1 Å². The second-order valence-electron chi connectivity index (χ2n) is 1.64. The van der Waals surface area contributed by atoms with Crippen molar-refractivity contribution in [2.45, 2.75) is 13.8 Å². The van der Waals surface area contributed by atoms with Gasteiger partial charge in [-0.2, -0.15) is 0 Å².